The van der Waals surface area contributed by atoms with E-state index in [0.717, 1.165) is 18.5 Å². The van der Waals surface area contributed by atoms with Gasteiger partial charge in [-0.1, -0.05) is 29.5 Å². The van der Waals surface area contributed by atoms with E-state index in [4.69, 9.17) is 0 Å². The Bertz CT molecular complexity index is 605. The van der Waals surface area contributed by atoms with Crippen molar-refractivity contribution >= 4 is 17.7 Å². The van der Waals surface area contributed by atoms with Crippen molar-refractivity contribution in [1.29, 1.82) is 0 Å². The first kappa shape index (κ1) is 13.1. The molecule has 0 atom stereocenters. The van der Waals surface area contributed by atoms with E-state index >= 15 is 0 Å². The fourth-order valence-electron chi connectivity index (χ4n) is 1.74. The summed E-state index contributed by atoms with van der Waals surface area (Å²) in [5.41, 5.74) is 2.07. The average Bonchev–Trinajstić information content (AvgIpc) is 3.13. The van der Waals surface area contributed by atoms with Crippen molar-refractivity contribution in [2.24, 2.45) is 0 Å². The third-order valence-electron chi connectivity index (χ3n) is 2.99. The number of rotatable bonds is 5. The van der Waals surface area contributed by atoms with Gasteiger partial charge < -0.3 is 5.32 Å². The van der Waals surface area contributed by atoms with Gasteiger partial charge in [-0.3, -0.25) is 4.79 Å². The van der Waals surface area contributed by atoms with Crippen LogP contribution >= 0.6 is 11.8 Å². The molecule has 0 saturated heterocycles. The van der Waals surface area contributed by atoms with Gasteiger partial charge in [-0.15, -0.1) is 5.10 Å². The van der Waals surface area contributed by atoms with Gasteiger partial charge in [0.1, 0.15) is 0 Å². The third-order valence-corrected chi connectivity index (χ3v) is 3.91. The summed E-state index contributed by atoms with van der Waals surface area (Å²) in [6.07, 6.45) is 2.19. The highest BCUT2D eigenvalue weighted by atomic mass is 32.2. The molecule has 1 N–H and O–H groups in total. The first-order chi connectivity index (χ1) is 9.72. The van der Waals surface area contributed by atoms with Crippen molar-refractivity contribution in [3.8, 4) is 5.69 Å². The number of tetrazole rings is 1. The van der Waals surface area contributed by atoms with E-state index in [1.54, 1.807) is 4.68 Å². The maximum absolute atomic E-state index is 11.7. The zero-order chi connectivity index (χ0) is 13.9. The number of nitrogens with zero attached hydrogens (tertiary/aromatic N) is 4. The van der Waals surface area contributed by atoms with Gasteiger partial charge in [-0.25, -0.2) is 0 Å². The summed E-state index contributed by atoms with van der Waals surface area (Å²) in [6.45, 7) is 2.03. The molecule has 1 aliphatic rings. The Morgan fingerprint density at radius 3 is 2.85 bits per heavy atom. The van der Waals surface area contributed by atoms with Crippen LogP contribution in [-0.2, 0) is 4.79 Å². The van der Waals surface area contributed by atoms with Gasteiger partial charge in [-0.2, -0.15) is 4.68 Å². The van der Waals surface area contributed by atoms with E-state index in [9.17, 15) is 4.79 Å². The predicted octanol–water partition coefficient (Wildman–Crippen LogP) is 1.34. The summed E-state index contributed by atoms with van der Waals surface area (Å²) in [7, 11) is 0. The van der Waals surface area contributed by atoms with Gasteiger partial charge in [0, 0.05) is 6.04 Å². The van der Waals surface area contributed by atoms with Crippen molar-refractivity contribution in [2.45, 2.75) is 31.0 Å². The largest absolute Gasteiger partial charge is 0.353 e. The first-order valence-electron chi connectivity index (χ1n) is 6.50. The summed E-state index contributed by atoms with van der Waals surface area (Å²) in [5, 5.41) is 15.2. The Labute approximate surface area is 120 Å². The Kier molecular flexibility index (Phi) is 3.68. The standard InChI is InChI=1S/C13H15N5OS/c1-9-2-6-11(7-3-9)18-13(15-16-17-18)20-8-12(19)14-10-4-5-10/h2-3,6-7,10H,4-5,8H2,1H3,(H,14,19). The molecule has 0 aliphatic heterocycles. The molecule has 3 rings (SSSR count). The van der Waals surface area contributed by atoms with Crippen LogP contribution in [0.25, 0.3) is 5.69 Å². The maximum atomic E-state index is 11.7. The van der Waals surface area contributed by atoms with Crippen LogP contribution in [0.15, 0.2) is 29.4 Å². The Hall–Kier alpha value is -1.89. The molecular formula is C13H15N5OS. The van der Waals surface area contributed by atoms with Crippen molar-refractivity contribution in [1.82, 2.24) is 25.5 Å². The van der Waals surface area contributed by atoms with Crippen LogP contribution in [0.2, 0.25) is 0 Å². The minimum Gasteiger partial charge on any atom is -0.353 e. The number of aromatic nitrogens is 4. The number of nitrogens with one attached hydrogen (secondary N) is 1. The molecule has 1 aromatic carbocycles. The zero-order valence-corrected chi connectivity index (χ0v) is 11.9. The fourth-order valence-corrected chi connectivity index (χ4v) is 2.45. The molecule has 0 spiro atoms. The molecule has 0 radical (unpaired) electrons. The molecule has 0 bridgehead atoms. The summed E-state index contributed by atoms with van der Waals surface area (Å²) >= 11 is 1.35. The normalized spacial score (nSPS) is 14.2. The van der Waals surface area contributed by atoms with E-state index in [1.807, 2.05) is 31.2 Å². The maximum Gasteiger partial charge on any atom is 0.230 e. The highest BCUT2D eigenvalue weighted by molar-refractivity contribution is 7.99. The Morgan fingerprint density at radius 2 is 2.15 bits per heavy atom. The molecule has 0 unspecified atom stereocenters. The van der Waals surface area contributed by atoms with Gasteiger partial charge in [0.15, 0.2) is 0 Å². The van der Waals surface area contributed by atoms with Gasteiger partial charge in [0.2, 0.25) is 11.1 Å². The molecule has 1 amide bonds. The summed E-state index contributed by atoms with van der Waals surface area (Å²) < 4.78 is 1.65. The van der Waals surface area contributed by atoms with Gasteiger partial charge in [0.25, 0.3) is 0 Å². The molecule has 2 aromatic rings. The number of amides is 1. The van der Waals surface area contributed by atoms with Gasteiger partial charge in [0.05, 0.1) is 11.4 Å². The number of thioether (sulfide) groups is 1. The Balaban J connectivity index is 1.66. The minimum absolute atomic E-state index is 0.0379. The molecule has 20 heavy (non-hydrogen) atoms. The van der Waals surface area contributed by atoms with Crippen molar-refractivity contribution < 1.29 is 4.79 Å². The molecular weight excluding hydrogens is 274 g/mol. The molecule has 1 aliphatic carbocycles. The second kappa shape index (κ2) is 5.62. The quantitative estimate of drug-likeness (QED) is 0.841. The molecule has 7 heteroatoms. The summed E-state index contributed by atoms with van der Waals surface area (Å²) in [4.78, 5) is 11.7. The number of hydrogen-bond donors (Lipinski definition) is 1. The zero-order valence-electron chi connectivity index (χ0n) is 11.1. The lowest BCUT2D eigenvalue weighted by atomic mass is 10.2. The number of carbonyl (C=O) groups excluding carboxylic acids is 1. The second-order valence-corrected chi connectivity index (χ2v) is 5.78. The highest BCUT2D eigenvalue weighted by Crippen LogP contribution is 2.21. The molecule has 1 saturated carbocycles. The minimum atomic E-state index is 0.0379. The van der Waals surface area contributed by atoms with Crippen LogP contribution in [0.3, 0.4) is 0 Å². The van der Waals surface area contributed by atoms with Crippen LogP contribution in [0.1, 0.15) is 18.4 Å². The van der Waals surface area contributed by atoms with E-state index in [-0.39, 0.29) is 5.91 Å². The van der Waals surface area contributed by atoms with Crippen molar-refractivity contribution in [3.05, 3.63) is 29.8 Å². The number of benzene rings is 1. The SMILES string of the molecule is Cc1ccc(-n2nnnc2SCC(=O)NC2CC2)cc1. The van der Waals surface area contributed by atoms with E-state index < -0.39 is 0 Å². The average molecular weight is 289 g/mol. The topological polar surface area (TPSA) is 72.7 Å². The molecule has 1 heterocycles. The van der Waals surface area contributed by atoms with Crippen LogP contribution in [-0.4, -0.2) is 37.9 Å². The lowest BCUT2D eigenvalue weighted by Crippen LogP contribution is -2.27. The van der Waals surface area contributed by atoms with Crippen molar-refractivity contribution in [2.75, 3.05) is 5.75 Å². The number of hydrogen-bond acceptors (Lipinski definition) is 5. The third kappa shape index (κ3) is 3.16. The first-order valence-corrected chi connectivity index (χ1v) is 7.48. The molecule has 104 valence electrons. The highest BCUT2D eigenvalue weighted by Gasteiger charge is 2.23. The molecule has 6 nitrogen and oxygen atoms in total. The predicted molar refractivity (Wildman–Crippen MR) is 75.8 cm³/mol. The summed E-state index contributed by atoms with van der Waals surface area (Å²) in [5.74, 6) is 0.374. The van der Waals surface area contributed by atoms with Crippen LogP contribution in [0, 0.1) is 6.92 Å². The van der Waals surface area contributed by atoms with E-state index in [0.29, 0.717) is 17.0 Å². The summed E-state index contributed by atoms with van der Waals surface area (Å²) in [6, 6.07) is 8.31. The molecule has 1 aromatic heterocycles. The fraction of sp³-hybridized carbons (Fsp3) is 0.385. The van der Waals surface area contributed by atoms with Crippen molar-refractivity contribution in [3.63, 3.8) is 0 Å². The smallest absolute Gasteiger partial charge is 0.230 e. The monoisotopic (exact) mass is 289 g/mol. The molecule has 1 fully saturated rings. The van der Waals surface area contributed by atoms with Crippen LogP contribution < -0.4 is 5.32 Å². The second-order valence-electron chi connectivity index (χ2n) is 4.84. The van der Waals surface area contributed by atoms with Gasteiger partial charge >= 0.3 is 0 Å². The van der Waals surface area contributed by atoms with Crippen LogP contribution in [0.4, 0.5) is 0 Å². The lowest BCUT2D eigenvalue weighted by molar-refractivity contribution is -0.118. The number of carbonyl (C=O) groups is 1. The van der Waals surface area contributed by atoms with E-state index in [2.05, 4.69) is 20.8 Å². The van der Waals surface area contributed by atoms with Crippen LogP contribution in [0.5, 0.6) is 0 Å². The van der Waals surface area contributed by atoms with Gasteiger partial charge in [-0.05, 0) is 42.3 Å². The number of aryl methyl sites for hydroxylation is 1. The Morgan fingerprint density at radius 1 is 1.40 bits per heavy atom. The lowest BCUT2D eigenvalue weighted by Gasteiger charge is -2.05. The van der Waals surface area contributed by atoms with E-state index in [1.165, 1.54) is 17.3 Å².